The molecule has 0 aliphatic carbocycles. The Morgan fingerprint density at radius 1 is 1.20 bits per heavy atom. The second-order valence-electron chi connectivity index (χ2n) is 3.24. The third-order valence-corrected chi connectivity index (χ3v) is 2.04. The van der Waals surface area contributed by atoms with Gasteiger partial charge in [0.05, 0.1) is 6.07 Å². The summed E-state index contributed by atoms with van der Waals surface area (Å²) in [5, 5.41) is 8.33. The highest BCUT2D eigenvalue weighted by Crippen LogP contribution is 2.06. The quantitative estimate of drug-likeness (QED) is 0.539. The minimum Gasteiger partial charge on any atom is -0.298 e. The van der Waals surface area contributed by atoms with Crippen LogP contribution in [-0.2, 0) is 0 Å². The van der Waals surface area contributed by atoms with Crippen LogP contribution in [-0.4, -0.2) is 6.29 Å². The number of nitriles is 1. The molecule has 15 heavy (non-hydrogen) atoms. The van der Waals surface area contributed by atoms with Gasteiger partial charge in [-0.1, -0.05) is 36.4 Å². The second kappa shape index (κ2) is 6.56. The Morgan fingerprint density at radius 3 is 2.47 bits per heavy atom. The van der Waals surface area contributed by atoms with Crippen LogP contribution in [0.5, 0.6) is 0 Å². The van der Waals surface area contributed by atoms with Crippen molar-refractivity contribution in [2.75, 3.05) is 0 Å². The molecule has 0 N–H and O–H groups in total. The van der Waals surface area contributed by atoms with E-state index in [-0.39, 0.29) is 0 Å². The molecular formula is C13H13NO. The topological polar surface area (TPSA) is 40.9 Å². The number of carbonyl (C=O) groups is 1. The van der Waals surface area contributed by atoms with E-state index in [2.05, 4.69) is 6.07 Å². The van der Waals surface area contributed by atoms with Crippen LogP contribution in [0.3, 0.4) is 0 Å². The van der Waals surface area contributed by atoms with E-state index in [9.17, 15) is 4.79 Å². The van der Waals surface area contributed by atoms with Gasteiger partial charge >= 0.3 is 0 Å². The molecule has 2 nitrogen and oxygen atoms in total. The van der Waals surface area contributed by atoms with Gasteiger partial charge in [-0.3, -0.25) is 4.79 Å². The van der Waals surface area contributed by atoms with E-state index in [1.54, 1.807) is 12.1 Å². The molecule has 0 aromatic heterocycles. The van der Waals surface area contributed by atoms with Gasteiger partial charge in [0.2, 0.25) is 0 Å². The molecule has 1 rings (SSSR count). The number of hydrogen-bond donors (Lipinski definition) is 0. The minimum absolute atomic E-state index is 0.606. The van der Waals surface area contributed by atoms with Crippen molar-refractivity contribution >= 4 is 12.4 Å². The van der Waals surface area contributed by atoms with Gasteiger partial charge in [-0.2, -0.15) is 5.26 Å². The molecular weight excluding hydrogens is 186 g/mol. The number of carbonyl (C=O) groups excluding carboxylic acids is 1. The summed E-state index contributed by atoms with van der Waals surface area (Å²) in [4.78, 5) is 10.4. The van der Waals surface area contributed by atoms with Gasteiger partial charge < -0.3 is 0 Å². The maximum absolute atomic E-state index is 10.4. The summed E-state index contributed by atoms with van der Waals surface area (Å²) >= 11 is 0. The van der Waals surface area contributed by atoms with E-state index >= 15 is 0 Å². The second-order valence-corrected chi connectivity index (χ2v) is 3.24. The molecule has 0 spiro atoms. The lowest BCUT2D eigenvalue weighted by molar-refractivity contribution is 0.112. The molecule has 0 aliphatic rings. The van der Waals surface area contributed by atoms with Gasteiger partial charge in [0.1, 0.15) is 6.29 Å². The highest BCUT2D eigenvalue weighted by atomic mass is 16.1. The van der Waals surface area contributed by atoms with Gasteiger partial charge in [-0.05, 0) is 18.4 Å². The fourth-order valence-corrected chi connectivity index (χ4v) is 1.20. The molecule has 0 saturated heterocycles. The van der Waals surface area contributed by atoms with Crippen molar-refractivity contribution in [2.45, 2.75) is 19.3 Å². The number of nitrogens with zero attached hydrogens (tertiary/aromatic N) is 1. The van der Waals surface area contributed by atoms with Crippen LogP contribution in [0, 0.1) is 11.3 Å². The molecule has 76 valence electrons. The normalized spacial score (nSPS) is 10.1. The summed E-state index contributed by atoms with van der Waals surface area (Å²) in [5.41, 5.74) is 1.77. The van der Waals surface area contributed by atoms with E-state index < -0.39 is 0 Å². The van der Waals surface area contributed by atoms with Crippen LogP contribution in [0.15, 0.2) is 30.3 Å². The molecule has 1 aromatic rings. The van der Waals surface area contributed by atoms with Gasteiger partial charge in [-0.15, -0.1) is 0 Å². The fourth-order valence-electron chi connectivity index (χ4n) is 1.20. The maximum atomic E-state index is 10.4. The standard InChI is InChI=1S/C13H13NO/c14-10-4-2-1-3-5-12-6-8-13(11-15)9-7-12/h3,5-9,11H,1-2,4H2/b5-3+. The summed E-state index contributed by atoms with van der Waals surface area (Å²) < 4.78 is 0. The highest BCUT2D eigenvalue weighted by Gasteiger charge is 1.89. The van der Waals surface area contributed by atoms with Crippen LogP contribution in [0.2, 0.25) is 0 Å². The van der Waals surface area contributed by atoms with Crippen molar-refractivity contribution in [1.82, 2.24) is 0 Å². The first-order valence-electron chi connectivity index (χ1n) is 4.95. The van der Waals surface area contributed by atoms with Gasteiger partial charge in [-0.25, -0.2) is 0 Å². The predicted octanol–water partition coefficient (Wildman–Crippen LogP) is 3.21. The van der Waals surface area contributed by atoms with Crippen molar-refractivity contribution in [1.29, 1.82) is 5.26 Å². The Bertz CT molecular complexity index is 371. The summed E-state index contributed by atoms with van der Waals surface area (Å²) in [5.74, 6) is 0. The molecule has 0 radical (unpaired) electrons. The lowest BCUT2D eigenvalue weighted by Gasteiger charge is -1.93. The Hall–Kier alpha value is -1.88. The molecule has 0 aliphatic heterocycles. The number of aldehydes is 1. The van der Waals surface area contributed by atoms with Crippen molar-refractivity contribution < 1.29 is 4.79 Å². The third kappa shape index (κ3) is 4.24. The molecule has 0 heterocycles. The minimum atomic E-state index is 0.606. The van der Waals surface area contributed by atoms with Crippen LogP contribution in [0.1, 0.15) is 35.2 Å². The van der Waals surface area contributed by atoms with E-state index in [0.29, 0.717) is 12.0 Å². The monoisotopic (exact) mass is 199 g/mol. The Balaban J connectivity index is 2.43. The first-order chi connectivity index (χ1) is 7.36. The van der Waals surface area contributed by atoms with Gasteiger partial charge in [0, 0.05) is 12.0 Å². The van der Waals surface area contributed by atoms with Crippen molar-refractivity contribution in [3.8, 4) is 6.07 Å². The zero-order valence-electron chi connectivity index (χ0n) is 8.52. The smallest absolute Gasteiger partial charge is 0.150 e. The Kier molecular flexibility index (Phi) is 4.89. The number of unbranched alkanes of at least 4 members (excludes halogenated alkanes) is 2. The fraction of sp³-hybridized carbons (Fsp3) is 0.231. The average molecular weight is 199 g/mol. The van der Waals surface area contributed by atoms with E-state index in [1.165, 1.54) is 0 Å². The first kappa shape index (κ1) is 11.2. The van der Waals surface area contributed by atoms with Crippen LogP contribution < -0.4 is 0 Å². The van der Waals surface area contributed by atoms with Crippen LogP contribution >= 0.6 is 0 Å². The highest BCUT2D eigenvalue weighted by molar-refractivity contribution is 5.75. The summed E-state index contributed by atoms with van der Waals surface area (Å²) in [6.45, 7) is 0. The number of hydrogen-bond acceptors (Lipinski definition) is 2. The zero-order chi connectivity index (χ0) is 10.9. The van der Waals surface area contributed by atoms with Crippen molar-refractivity contribution in [3.05, 3.63) is 41.5 Å². The SMILES string of the molecule is N#CCCC/C=C/c1ccc(C=O)cc1. The molecule has 0 unspecified atom stereocenters. The van der Waals surface area contributed by atoms with Crippen LogP contribution in [0.25, 0.3) is 6.08 Å². The van der Waals surface area contributed by atoms with Crippen molar-refractivity contribution in [3.63, 3.8) is 0 Å². The molecule has 0 amide bonds. The molecule has 2 heteroatoms. The van der Waals surface area contributed by atoms with Crippen LogP contribution in [0.4, 0.5) is 0 Å². The van der Waals surface area contributed by atoms with E-state index in [4.69, 9.17) is 5.26 Å². The largest absolute Gasteiger partial charge is 0.298 e. The third-order valence-electron chi connectivity index (χ3n) is 2.04. The molecule has 0 saturated carbocycles. The van der Waals surface area contributed by atoms with E-state index in [1.807, 2.05) is 24.3 Å². The summed E-state index contributed by atoms with van der Waals surface area (Å²) in [7, 11) is 0. The number of benzene rings is 1. The summed E-state index contributed by atoms with van der Waals surface area (Å²) in [6.07, 6.45) is 7.32. The zero-order valence-corrected chi connectivity index (χ0v) is 8.52. The Labute approximate surface area is 89.9 Å². The van der Waals surface area contributed by atoms with Crippen molar-refractivity contribution in [2.24, 2.45) is 0 Å². The maximum Gasteiger partial charge on any atom is 0.150 e. The van der Waals surface area contributed by atoms with Gasteiger partial charge in [0.15, 0.2) is 0 Å². The molecule has 0 atom stereocenters. The number of allylic oxidation sites excluding steroid dienone is 1. The van der Waals surface area contributed by atoms with Gasteiger partial charge in [0.25, 0.3) is 0 Å². The summed E-state index contributed by atoms with van der Waals surface area (Å²) in [6, 6.07) is 9.51. The molecule has 1 aromatic carbocycles. The lowest BCUT2D eigenvalue weighted by atomic mass is 10.1. The number of rotatable bonds is 5. The first-order valence-corrected chi connectivity index (χ1v) is 4.95. The predicted molar refractivity (Wildman–Crippen MR) is 60.3 cm³/mol. The molecule has 0 fully saturated rings. The van der Waals surface area contributed by atoms with E-state index in [0.717, 1.165) is 24.7 Å². The lowest BCUT2D eigenvalue weighted by Crippen LogP contribution is -1.78. The molecule has 0 bridgehead atoms. The average Bonchev–Trinajstić information content (AvgIpc) is 2.30. The Morgan fingerprint density at radius 2 is 1.87 bits per heavy atom.